The van der Waals surface area contributed by atoms with Gasteiger partial charge in [0.05, 0.1) is 19.6 Å². The molecule has 2 aromatic rings. The van der Waals surface area contributed by atoms with Gasteiger partial charge in [-0.1, -0.05) is 43.7 Å². The number of anilines is 2. The molecule has 0 atom stereocenters. The number of carbonyl (C=O) groups is 1. The van der Waals surface area contributed by atoms with E-state index in [4.69, 9.17) is 10.5 Å². The molecule has 1 aromatic carbocycles. The number of carbonyl (C=O) groups excluding carboxylic acids is 1. The van der Waals surface area contributed by atoms with Crippen LogP contribution in [0.25, 0.3) is 0 Å². The van der Waals surface area contributed by atoms with E-state index in [0.717, 1.165) is 18.4 Å². The number of hydrogen-bond acceptors (Lipinski definition) is 5. The summed E-state index contributed by atoms with van der Waals surface area (Å²) in [7, 11) is 0. The van der Waals surface area contributed by atoms with Crippen LogP contribution in [0.1, 0.15) is 30.9 Å². The van der Waals surface area contributed by atoms with E-state index in [0.29, 0.717) is 30.4 Å². The number of hydrogen-bond donors (Lipinski definition) is 1. The second-order valence-electron chi connectivity index (χ2n) is 5.54. The average Bonchev–Trinajstić information content (AvgIpc) is 2.86. The summed E-state index contributed by atoms with van der Waals surface area (Å²) >= 11 is 0. The Morgan fingerprint density at radius 3 is 2.78 bits per heavy atom. The standard InChI is InChI=1S/C17H20N4O2/c1-2-3-9-23-17-19-15(18)13-10-14(22)21(16(13)20-17)11-12-7-5-4-6-8-12/h4-8H,2-3,9-11H2,1H3,(H2,18,19,20). The predicted molar refractivity (Wildman–Crippen MR) is 88.2 cm³/mol. The van der Waals surface area contributed by atoms with Crippen LogP contribution < -0.4 is 15.4 Å². The van der Waals surface area contributed by atoms with E-state index in [1.807, 2.05) is 30.3 Å². The molecule has 0 spiro atoms. The topological polar surface area (TPSA) is 81.3 Å². The molecule has 0 radical (unpaired) electrons. The SMILES string of the molecule is CCCCOc1nc(N)c2c(n1)N(Cc1ccccc1)C(=O)C2. The van der Waals surface area contributed by atoms with Gasteiger partial charge in [0, 0.05) is 5.56 Å². The van der Waals surface area contributed by atoms with E-state index in [1.54, 1.807) is 4.90 Å². The van der Waals surface area contributed by atoms with Crippen LogP contribution in [0.5, 0.6) is 6.01 Å². The van der Waals surface area contributed by atoms with Crippen molar-refractivity contribution in [3.8, 4) is 6.01 Å². The number of nitrogens with zero attached hydrogens (tertiary/aromatic N) is 3. The minimum atomic E-state index is -0.0180. The van der Waals surface area contributed by atoms with Gasteiger partial charge in [0.2, 0.25) is 5.91 Å². The maximum Gasteiger partial charge on any atom is 0.320 e. The van der Waals surface area contributed by atoms with Gasteiger partial charge in [-0.25, -0.2) is 0 Å². The van der Waals surface area contributed by atoms with Crippen molar-refractivity contribution in [2.75, 3.05) is 17.2 Å². The molecule has 2 heterocycles. The van der Waals surface area contributed by atoms with E-state index < -0.39 is 0 Å². The van der Waals surface area contributed by atoms with Crippen LogP contribution in [0.2, 0.25) is 0 Å². The summed E-state index contributed by atoms with van der Waals surface area (Å²) in [5.74, 6) is 0.874. The average molecular weight is 312 g/mol. The first-order chi connectivity index (χ1) is 11.2. The number of benzene rings is 1. The molecule has 0 unspecified atom stereocenters. The molecule has 0 bridgehead atoms. The minimum Gasteiger partial charge on any atom is -0.463 e. The van der Waals surface area contributed by atoms with Gasteiger partial charge in [0.25, 0.3) is 0 Å². The molecule has 1 aromatic heterocycles. The van der Waals surface area contributed by atoms with Crippen molar-refractivity contribution in [2.24, 2.45) is 0 Å². The first kappa shape index (κ1) is 15.3. The normalized spacial score (nSPS) is 13.3. The molecule has 1 amide bonds. The summed E-state index contributed by atoms with van der Waals surface area (Å²) in [5.41, 5.74) is 7.71. The van der Waals surface area contributed by atoms with Crippen LogP contribution in [0.15, 0.2) is 30.3 Å². The van der Waals surface area contributed by atoms with Crippen molar-refractivity contribution in [1.29, 1.82) is 0 Å². The Kier molecular flexibility index (Phi) is 4.41. The van der Waals surface area contributed by atoms with E-state index in [1.165, 1.54) is 0 Å². The summed E-state index contributed by atoms with van der Waals surface area (Å²) < 4.78 is 5.55. The number of ether oxygens (including phenoxy) is 1. The maximum atomic E-state index is 12.3. The van der Waals surface area contributed by atoms with Crippen LogP contribution in [0.3, 0.4) is 0 Å². The number of fused-ring (bicyclic) bond motifs is 1. The van der Waals surface area contributed by atoms with Gasteiger partial charge < -0.3 is 10.5 Å². The van der Waals surface area contributed by atoms with Crippen LogP contribution in [-0.4, -0.2) is 22.5 Å². The van der Waals surface area contributed by atoms with Gasteiger partial charge in [-0.3, -0.25) is 9.69 Å². The number of nitrogens with two attached hydrogens (primary N) is 1. The zero-order chi connectivity index (χ0) is 16.2. The third-order valence-corrected chi connectivity index (χ3v) is 3.79. The van der Waals surface area contributed by atoms with Crippen LogP contribution >= 0.6 is 0 Å². The summed E-state index contributed by atoms with van der Waals surface area (Å²) in [6, 6.07) is 10.0. The molecule has 6 nitrogen and oxygen atoms in total. The Labute approximate surface area is 135 Å². The van der Waals surface area contributed by atoms with Crippen LogP contribution in [-0.2, 0) is 17.8 Å². The van der Waals surface area contributed by atoms with Gasteiger partial charge in [0.15, 0.2) is 0 Å². The monoisotopic (exact) mass is 312 g/mol. The highest BCUT2D eigenvalue weighted by Gasteiger charge is 2.32. The summed E-state index contributed by atoms with van der Waals surface area (Å²) in [4.78, 5) is 22.5. The summed E-state index contributed by atoms with van der Waals surface area (Å²) in [6.07, 6.45) is 2.19. The van der Waals surface area contributed by atoms with Crippen molar-refractivity contribution in [2.45, 2.75) is 32.7 Å². The highest BCUT2D eigenvalue weighted by Crippen LogP contribution is 2.33. The van der Waals surface area contributed by atoms with Gasteiger partial charge >= 0.3 is 6.01 Å². The molecule has 0 fully saturated rings. The number of rotatable bonds is 6. The summed E-state index contributed by atoms with van der Waals surface area (Å²) in [6.45, 7) is 3.10. The third-order valence-electron chi connectivity index (χ3n) is 3.79. The Morgan fingerprint density at radius 1 is 1.26 bits per heavy atom. The zero-order valence-electron chi connectivity index (χ0n) is 13.2. The molecule has 6 heteroatoms. The molecular weight excluding hydrogens is 292 g/mol. The van der Waals surface area contributed by atoms with Crippen LogP contribution in [0.4, 0.5) is 11.6 Å². The van der Waals surface area contributed by atoms with Gasteiger partial charge in [-0.05, 0) is 12.0 Å². The molecule has 3 rings (SSSR count). The fraction of sp³-hybridized carbons (Fsp3) is 0.353. The molecular formula is C17H20N4O2. The predicted octanol–water partition coefficient (Wildman–Crippen LogP) is 2.33. The van der Waals surface area contributed by atoms with E-state index in [2.05, 4.69) is 16.9 Å². The first-order valence-corrected chi connectivity index (χ1v) is 7.82. The van der Waals surface area contributed by atoms with Gasteiger partial charge in [-0.15, -0.1) is 0 Å². The third kappa shape index (κ3) is 3.26. The van der Waals surface area contributed by atoms with Crippen LogP contribution in [0, 0.1) is 0 Å². The highest BCUT2D eigenvalue weighted by atomic mass is 16.5. The van der Waals surface area contributed by atoms with E-state index >= 15 is 0 Å². The second-order valence-corrected chi connectivity index (χ2v) is 5.54. The number of nitrogen functional groups attached to an aromatic ring is 1. The number of unbranched alkanes of at least 4 members (excludes halogenated alkanes) is 1. The smallest absolute Gasteiger partial charge is 0.320 e. The molecule has 1 aliphatic heterocycles. The van der Waals surface area contributed by atoms with Crippen molar-refractivity contribution in [1.82, 2.24) is 9.97 Å². The first-order valence-electron chi connectivity index (χ1n) is 7.82. The Bertz CT molecular complexity index is 703. The fourth-order valence-electron chi connectivity index (χ4n) is 2.53. The zero-order valence-corrected chi connectivity index (χ0v) is 13.2. The molecule has 120 valence electrons. The van der Waals surface area contributed by atoms with E-state index in [9.17, 15) is 4.79 Å². The second kappa shape index (κ2) is 6.64. The highest BCUT2D eigenvalue weighted by molar-refractivity contribution is 6.01. The lowest BCUT2D eigenvalue weighted by atomic mass is 10.2. The fourth-order valence-corrected chi connectivity index (χ4v) is 2.53. The molecule has 0 saturated carbocycles. The minimum absolute atomic E-state index is 0.0180. The molecule has 2 N–H and O–H groups in total. The lowest BCUT2D eigenvalue weighted by Crippen LogP contribution is -2.26. The molecule has 1 aliphatic rings. The lowest BCUT2D eigenvalue weighted by Gasteiger charge is -2.17. The van der Waals surface area contributed by atoms with Gasteiger partial charge in [0.1, 0.15) is 11.6 Å². The molecule has 0 aliphatic carbocycles. The largest absolute Gasteiger partial charge is 0.463 e. The maximum absolute atomic E-state index is 12.3. The quantitative estimate of drug-likeness (QED) is 0.828. The van der Waals surface area contributed by atoms with Crippen molar-refractivity contribution in [3.63, 3.8) is 0 Å². The lowest BCUT2D eigenvalue weighted by molar-refractivity contribution is -0.117. The molecule has 0 saturated heterocycles. The molecule has 23 heavy (non-hydrogen) atoms. The van der Waals surface area contributed by atoms with Crippen molar-refractivity contribution < 1.29 is 9.53 Å². The van der Waals surface area contributed by atoms with E-state index in [-0.39, 0.29) is 18.3 Å². The number of aromatic nitrogens is 2. The Hall–Kier alpha value is -2.63. The Balaban J connectivity index is 1.86. The summed E-state index contributed by atoms with van der Waals surface area (Å²) in [5, 5.41) is 0. The van der Waals surface area contributed by atoms with Gasteiger partial charge in [-0.2, -0.15) is 9.97 Å². The van der Waals surface area contributed by atoms with Crippen molar-refractivity contribution >= 4 is 17.5 Å². The van der Waals surface area contributed by atoms with Crippen molar-refractivity contribution in [3.05, 3.63) is 41.5 Å². The number of amides is 1. The Morgan fingerprint density at radius 2 is 2.04 bits per heavy atom.